The van der Waals surface area contributed by atoms with E-state index in [9.17, 15) is 4.39 Å². The van der Waals surface area contributed by atoms with Crippen LogP contribution >= 0.6 is 24.8 Å². The molecule has 1 aliphatic heterocycles. The van der Waals surface area contributed by atoms with Crippen molar-refractivity contribution < 1.29 is 4.39 Å². The van der Waals surface area contributed by atoms with Crippen LogP contribution in [0.15, 0.2) is 61.1 Å². The first-order chi connectivity index (χ1) is 16.1. The first-order valence-electron chi connectivity index (χ1n) is 11.1. The number of pyridine rings is 1. The molecule has 1 aliphatic rings. The molecule has 4 heterocycles. The smallest absolute Gasteiger partial charge is 0.155 e. The van der Waals surface area contributed by atoms with Gasteiger partial charge in [0.2, 0.25) is 0 Å². The number of nitrogens with one attached hydrogen (secondary N) is 1. The van der Waals surface area contributed by atoms with Crippen LogP contribution in [0.5, 0.6) is 0 Å². The van der Waals surface area contributed by atoms with Crippen LogP contribution in [0.4, 0.5) is 10.2 Å². The van der Waals surface area contributed by atoms with Gasteiger partial charge in [0, 0.05) is 61.6 Å². The van der Waals surface area contributed by atoms with E-state index in [1.165, 1.54) is 17.7 Å². The van der Waals surface area contributed by atoms with Gasteiger partial charge in [0.1, 0.15) is 11.5 Å². The molecule has 0 saturated carbocycles. The number of halogens is 3. The maximum atomic E-state index is 13.4. The normalized spacial score (nSPS) is 14.7. The Kier molecular flexibility index (Phi) is 8.77. The summed E-state index contributed by atoms with van der Waals surface area (Å²) in [6.45, 7) is 7.38. The average molecular weight is 516 g/mol. The number of aryl methyl sites for hydroxylation is 2. The molecule has 10 heteroatoms. The van der Waals surface area contributed by atoms with Crippen molar-refractivity contribution in [2.24, 2.45) is 0 Å². The lowest BCUT2D eigenvalue weighted by atomic mass is 9.98. The van der Waals surface area contributed by atoms with Crippen LogP contribution in [-0.4, -0.2) is 56.2 Å². The Morgan fingerprint density at radius 2 is 1.57 bits per heavy atom. The molecule has 3 aromatic heterocycles. The third kappa shape index (κ3) is 5.45. The van der Waals surface area contributed by atoms with E-state index in [1.54, 1.807) is 24.5 Å². The highest BCUT2D eigenvalue weighted by molar-refractivity contribution is 5.85. The first kappa shape index (κ1) is 26.5. The first-order valence-corrected chi connectivity index (χ1v) is 11.1. The molecule has 1 unspecified atom stereocenters. The zero-order valence-corrected chi connectivity index (χ0v) is 21.2. The topological polar surface area (TPSA) is 73.8 Å². The van der Waals surface area contributed by atoms with Crippen LogP contribution in [0.1, 0.15) is 28.7 Å². The number of benzene rings is 1. The molecule has 1 N–H and O–H groups in total. The van der Waals surface area contributed by atoms with Crippen molar-refractivity contribution in [1.82, 2.24) is 30.0 Å². The van der Waals surface area contributed by atoms with E-state index in [2.05, 4.69) is 47.9 Å². The van der Waals surface area contributed by atoms with Gasteiger partial charge in [0.15, 0.2) is 5.82 Å². The maximum Gasteiger partial charge on any atom is 0.155 e. The number of anilines is 1. The van der Waals surface area contributed by atoms with Gasteiger partial charge in [0.25, 0.3) is 0 Å². The summed E-state index contributed by atoms with van der Waals surface area (Å²) in [4.78, 5) is 18.6. The van der Waals surface area contributed by atoms with E-state index in [1.807, 2.05) is 25.3 Å². The van der Waals surface area contributed by atoms with Crippen molar-refractivity contribution in [2.75, 3.05) is 31.1 Å². The van der Waals surface area contributed by atoms with Crippen molar-refractivity contribution in [1.29, 1.82) is 0 Å². The summed E-state index contributed by atoms with van der Waals surface area (Å²) in [7, 11) is 0. The van der Waals surface area contributed by atoms with Crippen molar-refractivity contribution in [3.8, 4) is 11.3 Å². The Morgan fingerprint density at radius 3 is 2.20 bits per heavy atom. The third-order valence-electron chi connectivity index (χ3n) is 6.20. The predicted octanol–water partition coefficient (Wildman–Crippen LogP) is 4.77. The van der Waals surface area contributed by atoms with Crippen molar-refractivity contribution in [3.05, 3.63) is 89.5 Å². The Morgan fingerprint density at radius 1 is 0.857 bits per heavy atom. The third-order valence-corrected chi connectivity index (χ3v) is 6.20. The molecule has 5 rings (SSSR count). The molecule has 184 valence electrons. The van der Waals surface area contributed by atoms with Crippen LogP contribution in [0.2, 0.25) is 0 Å². The van der Waals surface area contributed by atoms with E-state index in [-0.39, 0.29) is 36.7 Å². The zero-order valence-electron chi connectivity index (χ0n) is 19.6. The second-order valence-electron chi connectivity index (χ2n) is 8.26. The van der Waals surface area contributed by atoms with E-state index in [4.69, 9.17) is 0 Å². The average Bonchev–Trinajstić information content (AvgIpc) is 3.19. The second-order valence-corrected chi connectivity index (χ2v) is 8.26. The van der Waals surface area contributed by atoms with Gasteiger partial charge >= 0.3 is 0 Å². The number of aromatic amines is 1. The molecule has 0 radical (unpaired) electrons. The molecule has 4 aromatic rings. The Balaban J connectivity index is 0.00000171. The molecule has 7 nitrogen and oxygen atoms in total. The fourth-order valence-corrected chi connectivity index (χ4v) is 4.58. The van der Waals surface area contributed by atoms with Gasteiger partial charge in [-0.1, -0.05) is 6.07 Å². The Hall–Kier alpha value is -3.07. The van der Waals surface area contributed by atoms with Crippen LogP contribution < -0.4 is 4.90 Å². The van der Waals surface area contributed by atoms with E-state index in [0.717, 1.165) is 60.3 Å². The van der Waals surface area contributed by atoms with Crippen LogP contribution in [0.3, 0.4) is 0 Å². The fraction of sp³-hybridized carbons (Fsp3) is 0.280. The summed E-state index contributed by atoms with van der Waals surface area (Å²) in [6, 6.07) is 12.5. The number of hydrogen-bond acceptors (Lipinski definition) is 6. The van der Waals surface area contributed by atoms with E-state index < -0.39 is 0 Å². The van der Waals surface area contributed by atoms with Gasteiger partial charge in [-0.25, -0.2) is 9.37 Å². The summed E-state index contributed by atoms with van der Waals surface area (Å²) in [5.74, 6) is 0.567. The van der Waals surface area contributed by atoms with Crippen LogP contribution in [0, 0.1) is 19.7 Å². The quantitative estimate of drug-likeness (QED) is 0.412. The number of rotatable bonds is 5. The lowest BCUT2D eigenvalue weighted by Gasteiger charge is -2.40. The molecule has 0 aliphatic carbocycles. The molecule has 0 spiro atoms. The summed E-state index contributed by atoms with van der Waals surface area (Å²) < 4.78 is 13.4. The number of H-pyrrole nitrogens is 1. The van der Waals surface area contributed by atoms with Crippen molar-refractivity contribution in [3.63, 3.8) is 0 Å². The minimum absolute atomic E-state index is 0. The predicted molar refractivity (Wildman–Crippen MR) is 140 cm³/mol. The van der Waals surface area contributed by atoms with E-state index in [0.29, 0.717) is 0 Å². The van der Waals surface area contributed by atoms with Crippen molar-refractivity contribution >= 4 is 30.6 Å². The SMILES string of the molecule is Cc1n[nH]c(C)c1C(c1ccccn1)N1CCN(c2nccnc2-c2ccc(F)cc2)CC1.Cl.Cl. The highest BCUT2D eigenvalue weighted by atomic mass is 35.5. The van der Waals surface area contributed by atoms with Crippen molar-refractivity contribution in [2.45, 2.75) is 19.9 Å². The van der Waals surface area contributed by atoms with Gasteiger partial charge in [-0.15, -0.1) is 24.8 Å². The summed E-state index contributed by atoms with van der Waals surface area (Å²) in [5, 5.41) is 7.57. The van der Waals surface area contributed by atoms with Gasteiger partial charge in [-0.3, -0.25) is 20.0 Å². The molecule has 1 atom stereocenters. The molecule has 0 amide bonds. The highest BCUT2D eigenvalue weighted by Crippen LogP contribution is 2.33. The van der Waals surface area contributed by atoms with Gasteiger partial charge in [-0.05, 0) is 50.2 Å². The van der Waals surface area contributed by atoms with Gasteiger partial charge < -0.3 is 4.90 Å². The van der Waals surface area contributed by atoms with Crippen LogP contribution in [0.25, 0.3) is 11.3 Å². The number of nitrogens with zero attached hydrogens (tertiary/aromatic N) is 6. The molecule has 35 heavy (non-hydrogen) atoms. The lowest BCUT2D eigenvalue weighted by Crippen LogP contribution is -2.48. The van der Waals surface area contributed by atoms with Crippen LogP contribution in [-0.2, 0) is 0 Å². The highest BCUT2D eigenvalue weighted by Gasteiger charge is 2.31. The number of piperazine rings is 1. The lowest BCUT2D eigenvalue weighted by molar-refractivity contribution is 0.208. The number of aromatic nitrogens is 5. The molecule has 1 fully saturated rings. The minimum Gasteiger partial charge on any atom is -0.352 e. The number of hydrogen-bond donors (Lipinski definition) is 1. The Bertz CT molecular complexity index is 1210. The summed E-state index contributed by atoms with van der Waals surface area (Å²) in [5.41, 5.74) is 5.90. The largest absolute Gasteiger partial charge is 0.352 e. The molecule has 0 bridgehead atoms. The summed E-state index contributed by atoms with van der Waals surface area (Å²) >= 11 is 0. The van der Waals surface area contributed by atoms with E-state index >= 15 is 0 Å². The van der Waals surface area contributed by atoms with Gasteiger partial charge in [-0.2, -0.15) is 5.10 Å². The van der Waals surface area contributed by atoms with Gasteiger partial charge in [0.05, 0.1) is 17.4 Å². The monoisotopic (exact) mass is 515 g/mol. The molecule has 1 saturated heterocycles. The standard InChI is InChI=1S/C25H26FN7.2ClH/c1-17-22(18(2)31-30-17)24(21-5-3-4-10-27-21)32-13-15-33(16-14-32)25-23(28-11-12-29-25)19-6-8-20(26)9-7-19;;/h3-12,24H,13-16H2,1-2H3,(H,30,31);2*1H. The molecule has 1 aromatic carbocycles. The maximum absolute atomic E-state index is 13.4. The second kappa shape index (κ2) is 11.6. The molecular formula is C25H28Cl2FN7. The molecular weight excluding hydrogens is 488 g/mol. The minimum atomic E-state index is -0.261. The zero-order chi connectivity index (χ0) is 22.8. The summed E-state index contributed by atoms with van der Waals surface area (Å²) in [6.07, 6.45) is 5.24. The fourth-order valence-electron chi connectivity index (χ4n) is 4.58. The Labute approximate surface area is 216 Å².